The van der Waals surface area contributed by atoms with Gasteiger partial charge in [-0.1, -0.05) is 0 Å². The van der Waals surface area contributed by atoms with Crippen LogP contribution in [0.25, 0.3) is 0 Å². The predicted molar refractivity (Wildman–Crippen MR) is 72.1 cm³/mol. The summed E-state index contributed by atoms with van der Waals surface area (Å²) in [5, 5.41) is 22.5. The van der Waals surface area contributed by atoms with Crippen molar-refractivity contribution >= 4 is 17.0 Å². The molecule has 2 unspecified atom stereocenters. The number of nitrogens with one attached hydrogen (secondary N) is 1. The molecule has 2 aliphatic rings. The molecule has 0 radical (unpaired) electrons. The first-order valence-electron chi connectivity index (χ1n) is 6.01. The van der Waals surface area contributed by atoms with Gasteiger partial charge in [-0.15, -0.1) is 17.0 Å². The van der Waals surface area contributed by atoms with Gasteiger partial charge in [0.05, 0.1) is 0 Å². The number of phenols is 2. The lowest BCUT2D eigenvalue weighted by Crippen LogP contribution is -2.37. The molecule has 3 nitrogen and oxygen atoms in total. The van der Waals surface area contributed by atoms with E-state index >= 15 is 0 Å². The quantitative estimate of drug-likeness (QED) is 0.645. The molecule has 0 aromatic heterocycles. The van der Waals surface area contributed by atoms with E-state index in [1.807, 2.05) is 0 Å². The molecule has 1 fully saturated rings. The fourth-order valence-electron chi connectivity index (χ4n) is 3.16. The first-order chi connectivity index (χ1) is 7.75. The molecule has 17 heavy (non-hydrogen) atoms. The van der Waals surface area contributed by atoms with Crippen molar-refractivity contribution in [1.29, 1.82) is 0 Å². The topological polar surface area (TPSA) is 52.5 Å². The number of fused-ring (bicyclic) bond motifs is 3. The van der Waals surface area contributed by atoms with E-state index in [0.29, 0.717) is 5.92 Å². The van der Waals surface area contributed by atoms with Crippen LogP contribution in [0.5, 0.6) is 11.5 Å². The number of aromatic hydroxyl groups is 2. The van der Waals surface area contributed by atoms with Gasteiger partial charge in [-0.25, -0.2) is 0 Å². The maximum absolute atomic E-state index is 9.60. The van der Waals surface area contributed by atoms with Crippen molar-refractivity contribution in [3.05, 3.63) is 23.3 Å². The molecule has 1 aromatic carbocycles. The van der Waals surface area contributed by atoms with Crippen LogP contribution >= 0.6 is 17.0 Å². The molecule has 1 heterocycles. The zero-order valence-corrected chi connectivity index (χ0v) is 11.4. The number of piperidine rings is 1. The van der Waals surface area contributed by atoms with Crippen molar-refractivity contribution < 1.29 is 10.2 Å². The predicted octanol–water partition coefficient (Wildman–Crippen LogP) is 2.31. The van der Waals surface area contributed by atoms with Crippen LogP contribution in [0.3, 0.4) is 0 Å². The van der Waals surface area contributed by atoms with E-state index in [4.69, 9.17) is 0 Å². The average Bonchev–Trinajstić information content (AvgIpc) is 2.31. The first kappa shape index (κ1) is 12.7. The van der Waals surface area contributed by atoms with Crippen molar-refractivity contribution in [2.75, 3.05) is 13.1 Å². The van der Waals surface area contributed by atoms with Gasteiger partial charge < -0.3 is 15.5 Å². The van der Waals surface area contributed by atoms with Gasteiger partial charge in [0.1, 0.15) is 0 Å². The Labute approximate surface area is 112 Å². The van der Waals surface area contributed by atoms with Crippen molar-refractivity contribution in [1.82, 2.24) is 5.32 Å². The Morgan fingerprint density at radius 3 is 2.71 bits per heavy atom. The van der Waals surface area contributed by atoms with Crippen LogP contribution in [0.4, 0.5) is 0 Å². The summed E-state index contributed by atoms with van der Waals surface area (Å²) in [4.78, 5) is 0. The maximum atomic E-state index is 9.60. The van der Waals surface area contributed by atoms with Gasteiger partial charge in [-0.05, 0) is 60.9 Å². The molecule has 0 saturated carbocycles. The van der Waals surface area contributed by atoms with E-state index in [-0.39, 0.29) is 28.5 Å². The molecule has 4 heteroatoms. The molecule has 1 aliphatic carbocycles. The Morgan fingerprint density at radius 1 is 1.12 bits per heavy atom. The minimum atomic E-state index is 0. The van der Waals surface area contributed by atoms with E-state index < -0.39 is 0 Å². The zero-order chi connectivity index (χ0) is 11.1. The highest BCUT2D eigenvalue weighted by molar-refractivity contribution is 8.93. The number of phenolic OH excluding ortho intramolecular Hbond substituents is 2. The summed E-state index contributed by atoms with van der Waals surface area (Å²) in [6.07, 6.45) is 3.47. The van der Waals surface area contributed by atoms with Crippen molar-refractivity contribution in [2.24, 2.45) is 5.92 Å². The molecule has 2 atom stereocenters. The molecule has 94 valence electrons. The summed E-state index contributed by atoms with van der Waals surface area (Å²) in [5.74, 6) is 1.30. The number of halogens is 1. The first-order valence-corrected chi connectivity index (χ1v) is 6.01. The van der Waals surface area contributed by atoms with Gasteiger partial charge in [0.25, 0.3) is 0 Å². The van der Waals surface area contributed by atoms with E-state index in [0.717, 1.165) is 25.4 Å². The van der Waals surface area contributed by atoms with Gasteiger partial charge in [-0.2, -0.15) is 0 Å². The van der Waals surface area contributed by atoms with E-state index in [1.54, 1.807) is 12.1 Å². The number of rotatable bonds is 0. The highest BCUT2D eigenvalue weighted by Gasteiger charge is 2.32. The third-order valence-electron chi connectivity index (χ3n) is 4.05. The number of benzene rings is 1. The smallest absolute Gasteiger partial charge is 0.157 e. The Balaban J connectivity index is 0.00000108. The Kier molecular flexibility index (Phi) is 3.64. The Bertz CT molecular complexity index is 422. The average molecular weight is 300 g/mol. The van der Waals surface area contributed by atoms with Gasteiger partial charge in [-0.3, -0.25) is 0 Å². The fourth-order valence-corrected chi connectivity index (χ4v) is 3.16. The standard InChI is InChI=1S/C13H17NO2.BrH/c15-12-5-9-2-1-8-3-4-14-7-11(8)10(9)6-13(12)16;/h5-6,8,11,14-16H,1-4,7H2;1H. The molecular weight excluding hydrogens is 282 g/mol. The minimum Gasteiger partial charge on any atom is -0.504 e. The van der Waals surface area contributed by atoms with Crippen LogP contribution in [-0.4, -0.2) is 23.3 Å². The summed E-state index contributed by atoms with van der Waals surface area (Å²) in [6, 6.07) is 3.49. The fraction of sp³-hybridized carbons (Fsp3) is 0.538. The van der Waals surface area contributed by atoms with Crippen LogP contribution in [0.2, 0.25) is 0 Å². The molecule has 3 rings (SSSR count). The zero-order valence-electron chi connectivity index (χ0n) is 9.65. The Hall–Kier alpha value is -0.740. The number of hydrogen-bond donors (Lipinski definition) is 3. The number of aryl methyl sites for hydroxylation is 1. The largest absolute Gasteiger partial charge is 0.504 e. The molecule has 0 amide bonds. The number of hydrogen-bond acceptors (Lipinski definition) is 3. The third kappa shape index (κ3) is 2.16. The van der Waals surface area contributed by atoms with Crippen LogP contribution in [0.15, 0.2) is 12.1 Å². The van der Waals surface area contributed by atoms with Crippen LogP contribution in [0, 0.1) is 5.92 Å². The lowest BCUT2D eigenvalue weighted by molar-refractivity contribution is 0.289. The maximum Gasteiger partial charge on any atom is 0.157 e. The van der Waals surface area contributed by atoms with Crippen LogP contribution in [0.1, 0.15) is 29.9 Å². The molecule has 0 spiro atoms. The monoisotopic (exact) mass is 299 g/mol. The normalized spacial score (nSPS) is 26.6. The van der Waals surface area contributed by atoms with Gasteiger partial charge >= 0.3 is 0 Å². The van der Waals surface area contributed by atoms with E-state index in [2.05, 4.69) is 5.32 Å². The lowest BCUT2D eigenvalue weighted by atomic mass is 9.72. The Morgan fingerprint density at radius 2 is 1.88 bits per heavy atom. The summed E-state index contributed by atoms with van der Waals surface area (Å²) < 4.78 is 0. The van der Waals surface area contributed by atoms with Crippen molar-refractivity contribution in [3.63, 3.8) is 0 Å². The molecule has 3 N–H and O–H groups in total. The van der Waals surface area contributed by atoms with E-state index in [1.165, 1.54) is 24.0 Å². The molecule has 1 aliphatic heterocycles. The van der Waals surface area contributed by atoms with Crippen molar-refractivity contribution in [3.8, 4) is 11.5 Å². The molecule has 1 saturated heterocycles. The van der Waals surface area contributed by atoms with E-state index in [9.17, 15) is 10.2 Å². The highest BCUT2D eigenvalue weighted by Crippen LogP contribution is 2.42. The summed E-state index contributed by atoms with van der Waals surface area (Å²) in [5.41, 5.74) is 2.44. The second kappa shape index (κ2) is 4.86. The lowest BCUT2D eigenvalue weighted by Gasteiger charge is -2.37. The van der Waals surface area contributed by atoms with Gasteiger partial charge in [0, 0.05) is 6.54 Å². The molecule has 0 bridgehead atoms. The van der Waals surface area contributed by atoms with Crippen LogP contribution in [-0.2, 0) is 6.42 Å². The summed E-state index contributed by atoms with van der Waals surface area (Å²) in [6.45, 7) is 2.11. The molecular formula is C13H18BrNO2. The van der Waals surface area contributed by atoms with Crippen LogP contribution < -0.4 is 5.32 Å². The second-order valence-electron chi connectivity index (χ2n) is 4.94. The SMILES string of the molecule is Br.Oc1cc2c(cc1O)C1CNCCC1CC2. The minimum absolute atomic E-state index is 0. The molecule has 1 aromatic rings. The summed E-state index contributed by atoms with van der Waals surface area (Å²) >= 11 is 0. The highest BCUT2D eigenvalue weighted by atomic mass is 79.9. The van der Waals surface area contributed by atoms with Gasteiger partial charge in [0.2, 0.25) is 0 Å². The second-order valence-corrected chi connectivity index (χ2v) is 4.94. The van der Waals surface area contributed by atoms with Crippen molar-refractivity contribution in [2.45, 2.75) is 25.2 Å². The third-order valence-corrected chi connectivity index (χ3v) is 4.05. The van der Waals surface area contributed by atoms with Gasteiger partial charge in [0.15, 0.2) is 11.5 Å². The summed E-state index contributed by atoms with van der Waals surface area (Å²) in [7, 11) is 0.